The zero-order chi connectivity index (χ0) is 7.56. The van der Waals surface area contributed by atoms with Gasteiger partial charge in [-0.2, -0.15) is 0 Å². The molecule has 11 heavy (non-hydrogen) atoms. The fraction of sp³-hybridized carbons (Fsp3) is 0.600. The van der Waals surface area contributed by atoms with Crippen LogP contribution in [0.15, 0.2) is 23.3 Å². The number of hydrogen-bond acceptors (Lipinski definition) is 0. The van der Waals surface area contributed by atoms with Gasteiger partial charge in [0.15, 0.2) is 0 Å². The van der Waals surface area contributed by atoms with Crippen molar-refractivity contribution in [3.63, 3.8) is 0 Å². The summed E-state index contributed by atoms with van der Waals surface area (Å²) in [5, 5.41) is 0. The van der Waals surface area contributed by atoms with E-state index >= 15 is 0 Å². The maximum atomic E-state index is 2.28. The van der Waals surface area contributed by atoms with Crippen LogP contribution >= 0.6 is 0 Å². The van der Waals surface area contributed by atoms with Gasteiger partial charge >= 0.3 is 0 Å². The molecule has 0 aromatic heterocycles. The summed E-state index contributed by atoms with van der Waals surface area (Å²) in [5.74, 6) is 0.736. The Kier molecular flexibility index (Phi) is 5.26. The Hall–Kier alpha value is 0.363. The van der Waals surface area contributed by atoms with Gasteiger partial charge in [0.2, 0.25) is 0 Å². The molecule has 0 saturated carbocycles. The Labute approximate surface area is 88.9 Å². The van der Waals surface area contributed by atoms with Crippen molar-refractivity contribution in [1.82, 2.24) is 0 Å². The van der Waals surface area contributed by atoms with Gasteiger partial charge < -0.3 is 0 Å². The average molecular weight is 227 g/mol. The molecule has 1 aliphatic carbocycles. The van der Waals surface area contributed by atoms with Gasteiger partial charge in [0.1, 0.15) is 0 Å². The molecule has 0 radical (unpaired) electrons. The quantitative estimate of drug-likeness (QED) is 0.679. The van der Waals surface area contributed by atoms with Crippen molar-refractivity contribution in [3.05, 3.63) is 23.3 Å². The number of allylic oxidation sites excluding steroid dienone is 4. The summed E-state index contributed by atoms with van der Waals surface area (Å²) in [6, 6.07) is 0. The minimum atomic E-state index is 0. The summed E-state index contributed by atoms with van der Waals surface area (Å²) >= 11 is 0. The Morgan fingerprint density at radius 1 is 1.36 bits per heavy atom. The van der Waals surface area contributed by atoms with Crippen molar-refractivity contribution in [3.8, 4) is 0 Å². The molecule has 0 saturated heterocycles. The molecule has 0 atom stereocenters. The summed E-state index contributed by atoms with van der Waals surface area (Å²) in [5.41, 5.74) is 3.18. The Balaban J connectivity index is 0.000001000. The van der Waals surface area contributed by atoms with E-state index in [2.05, 4.69) is 32.9 Å². The van der Waals surface area contributed by atoms with Crippen LogP contribution in [0.3, 0.4) is 0 Å². The molecule has 0 spiro atoms. The van der Waals surface area contributed by atoms with Crippen LogP contribution in [-0.2, 0) is 26.2 Å². The maximum absolute atomic E-state index is 2.28. The normalized spacial score (nSPS) is 16.0. The zero-order valence-electron chi connectivity index (χ0n) is 7.65. The first-order valence-corrected chi connectivity index (χ1v) is 4.12. The topological polar surface area (TPSA) is 0 Å². The van der Waals surface area contributed by atoms with Crippen molar-refractivity contribution in [1.29, 1.82) is 0 Å². The van der Waals surface area contributed by atoms with Crippen LogP contribution in [0.5, 0.6) is 0 Å². The van der Waals surface area contributed by atoms with Crippen LogP contribution in [0.25, 0.3) is 0 Å². The summed E-state index contributed by atoms with van der Waals surface area (Å²) in [6.07, 6.45) is 7.00. The van der Waals surface area contributed by atoms with Crippen LogP contribution in [0.1, 0.15) is 33.6 Å². The SMILES string of the molecule is CCC1=CC=C(C(C)C)C1.[Zr]. The minimum Gasteiger partial charge on any atom is -0.0664 e. The molecule has 0 amide bonds. The van der Waals surface area contributed by atoms with Crippen molar-refractivity contribution >= 4 is 0 Å². The van der Waals surface area contributed by atoms with E-state index in [1.54, 1.807) is 11.1 Å². The fourth-order valence-corrected chi connectivity index (χ4v) is 1.24. The summed E-state index contributed by atoms with van der Waals surface area (Å²) in [6.45, 7) is 6.75. The van der Waals surface area contributed by atoms with E-state index in [0.29, 0.717) is 0 Å². The van der Waals surface area contributed by atoms with Crippen molar-refractivity contribution in [2.45, 2.75) is 33.6 Å². The van der Waals surface area contributed by atoms with Gasteiger partial charge in [-0.3, -0.25) is 0 Å². The van der Waals surface area contributed by atoms with E-state index in [1.807, 2.05) is 0 Å². The first-order chi connectivity index (χ1) is 4.74. The molecular weight excluding hydrogens is 211 g/mol. The predicted molar refractivity (Wildman–Crippen MR) is 45.9 cm³/mol. The molecule has 0 aliphatic heterocycles. The molecule has 0 aromatic rings. The monoisotopic (exact) mass is 226 g/mol. The first kappa shape index (κ1) is 11.4. The van der Waals surface area contributed by atoms with Gasteiger partial charge in [0, 0.05) is 26.2 Å². The van der Waals surface area contributed by atoms with Crippen LogP contribution < -0.4 is 0 Å². The number of rotatable bonds is 2. The summed E-state index contributed by atoms with van der Waals surface area (Å²) in [4.78, 5) is 0. The van der Waals surface area contributed by atoms with Gasteiger partial charge in [0.25, 0.3) is 0 Å². The van der Waals surface area contributed by atoms with E-state index in [0.717, 1.165) is 5.92 Å². The van der Waals surface area contributed by atoms with Gasteiger partial charge in [-0.05, 0) is 18.8 Å². The van der Waals surface area contributed by atoms with Crippen LogP contribution in [0, 0.1) is 5.92 Å². The van der Waals surface area contributed by atoms with Crippen molar-refractivity contribution in [2.24, 2.45) is 5.92 Å². The largest absolute Gasteiger partial charge is 0.0664 e. The summed E-state index contributed by atoms with van der Waals surface area (Å²) in [7, 11) is 0. The second-order valence-corrected chi connectivity index (χ2v) is 3.25. The molecule has 0 unspecified atom stereocenters. The fourth-order valence-electron chi connectivity index (χ4n) is 1.24. The standard InChI is InChI=1S/C10H16.Zr/c1-4-9-5-6-10(7-9)8(2)3;/h5-6,8H,4,7H2,1-3H3;. The summed E-state index contributed by atoms with van der Waals surface area (Å²) < 4.78 is 0. The molecule has 0 nitrogen and oxygen atoms in total. The Bertz CT molecular complexity index is 175. The van der Waals surface area contributed by atoms with Gasteiger partial charge in [-0.1, -0.05) is 44.1 Å². The van der Waals surface area contributed by atoms with Crippen LogP contribution in [0.4, 0.5) is 0 Å². The third-order valence-corrected chi connectivity index (χ3v) is 2.16. The van der Waals surface area contributed by atoms with E-state index in [-0.39, 0.29) is 26.2 Å². The molecule has 1 aliphatic rings. The second-order valence-electron chi connectivity index (χ2n) is 3.25. The minimum absolute atomic E-state index is 0. The van der Waals surface area contributed by atoms with Gasteiger partial charge in [0.05, 0.1) is 0 Å². The maximum Gasteiger partial charge on any atom is 0 e. The van der Waals surface area contributed by atoms with Crippen LogP contribution in [0.2, 0.25) is 0 Å². The van der Waals surface area contributed by atoms with Crippen molar-refractivity contribution < 1.29 is 26.2 Å². The molecule has 1 heteroatoms. The Morgan fingerprint density at radius 3 is 2.27 bits per heavy atom. The molecule has 0 N–H and O–H groups in total. The van der Waals surface area contributed by atoms with E-state index in [1.165, 1.54) is 12.8 Å². The third-order valence-electron chi connectivity index (χ3n) is 2.16. The van der Waals surface area contributed by atoms with Crippen molar-refractivity contribution in [2.75, 3.05) is 0 Å². The van der Waals surface area contributed by atoms with E-state index in [9.17, 15) is 0 Å². The first-order valence-electron chi connectivity index (χ1n) is 4.12. The number of hydrogen-bond donors (Lipinski definition) is 0. The smallest absolute Gasteiger partial charge is 0 e. The molecule has 0 fully saturated rings. The second kappa shape index (κ2) is 5.09. The zero-order valence-corrected chi connectivity index (χ0v) is 10.1. The molecule has 1 rings (SSSR count). The van der Waals surface area contributed by atoms with Crippen LogP contribution in [-0.4, -0.2) is 0 Å². The molecule has 0 bridgehead atoms. The molecular formula is C10H16Zr. The molecule has 0 aromatic carbocycles. The average Bonchev–Trinajstić information content (AvgIpc) is 2.34. The van der Waals surface area contributed by atoms with E-state index in [4.69, 9.17) is 0 Å². The molecule has 60 valence electrons. The molecule has 0 heterocycles. The Morgan fingerprint density at radius 2 is 2.00 bits per heavy atom. The third kappa shape index (κ3) is 3.07. The van der Waals surface area contributed by atoms with Gasteiger partial charge in [-0.25, -0.2) is 0 Å². The van der Waals surface area contributed by atoms with E-state index < -0.39 is 0 Å². The van der Waals surface area contributed by atoms with Gasteiger partial charge in [-0.15, -0.1) is 0 Å². The predicted octanol–water partition coefficient (Wildman–Crippen LogP) is 3.31.